The molecule has 0 aromatic carbocycles. The van der Waals surface area contributed by atoms with Crippen LogP contribution in [-0.2, 0) is 19.1 Å². The van der Waals surface area contributed by atoms with E-state index in [1.165, 1.54) is 0 Å². The number of hydrogen-bond acceptors (Lipinski definition) is 4. The fourth-order valence-electron chi connectivity index (χ4n) is 1.53. The van der Waals surface area contributed by atoms with E-state index >= 15 is 0 Å². The molecule has 0 amide bonds. The van der Waals surface area contributed by atoms with Gasteiger partial charge in [0, 0.05) is 20.0 Å². The standard InChI is InChI=1S/C15H28O4/c1-12(16)8-7-9-13(17)15(4,5)19-11-10-14(2,3)18-6/h7-11H2,1-6H3. The van der Waals surface area contributed by atoms with E-state index in [9.17, 15) is 9.59 Å². The van der Waals surface area contributed by atoms with Crippen LogP contribution in [0, 0.1) is 0 Å². The summed E-state index contributed by atoms with van der Waals surface area (Å²) in [7, 11) is 1.66. The molecule has 0 aromatic heterocycles. The van der Waals surface area contributed by atoms with Gasteiger partial charge in [0.05, 0.1) is 12.2 Å². The molecule has 0 aliphatic heterocycles. The zero-order valence-corrected chi connectivity index (χ0v) is 13.2. The molecule has 0 heterocycles. The lowest BCUT2D eigenvalue weighted by molar-refractivity contribution is -0.142. The van der Waals surface area contributed by atoms with Crippen LogP contribution in [0.15, 0.2) is 0 Å². The van der Waals surface area contributed by atoms with Crippen LogP contribution in [0.3, 0.4) is 0 Å². The molecule has 19 heavy (non-hydrogen) atoms. The van der Waals surface area contributed by atoms with Crippen molar-refractivity contribution >= 4 is 11.6 Å². The largest absolute Gasteiger partial charge is 0.379 e. The third-order valence-corrected chi connectivity index (χ3v) is 3.32. The minimum absolute atomic E-state index is 0.0453. The van der Waals surface area contributed by atoms with Crippen molar-refractivity contribution in [2.24, 2.45) is 0 Å². The van der Waals surface area contributed by atoms with Gasteiger partial charge in [-0.1, -0.05) is 0 Å². The monoisotopic (exact) mass is 272 g/mol. The number of hydrogen-bond donors (Lipinski definition) is 0. The summed E-state index contributed by atoms with van der Waals surface area (Å²) in [6.07, 6.45) is 2.18. The van der Waals surface area contributed by atoms with Gasteiger partial charge in [-0.3, -0.25) is 4.79 Å². The van der Waals surface area contributed by atoms with Crippen molar-refractivity contribution < 1.29 is 19.1 Å². The van der Waals surface area contributed by atoms with E-state index in [1.807, 2.05) is 13.8 Å². The summed E-state index contributed by atoms with van der Waals surface area (Å²) in [5, 5.41) is 0. The fraction of sp³-hybridized carbons (Fsp3) is 0.867. The first-order valence-corrected chi connectivity index (χ1v) is 6.82. The topological polar surface area (TPSA) is 52.6 Å². The van der Waals surface area contributed by atoms with Crippen molar-refractivity contribution in [2.45, 2.75) is 71.5 Å². The van der Waals surface area contributed by atoms with Crippen molar-refractivity contribution in [2.75, 3.05) is 13.7 Å². The summed E-state index contributed by atoms with van der Waals surface area (Å²) in [5.41, 5.74) is -1.03. The summed E-state index contributed by atoms with van der Waals surface area (Å²) < 4.78 is 11.0. The lowest BCUT2D eigenvalue weighted by Crippen LogP contribution is -2.37. The van der Waals surface area contributed by atoms with E-state index in [2.05, 4.69) is 0 Å². The zero-order chi connectivity index (χ0) is 15.1. The predicted molar refractivity (Wildman–Crippen MR) is 75.3 cm³/mol. The van der Waals surface area contributed by atoms with E-state index in [0.717, 1.165) is 6.42 Å². The van der Waals surface area contributed by atoms with Crippen molar-refractivity contribution in [1.82, 2.24) is 0 Å². The molecule has 0 fully saturated rings. The molecule has 0 atom stereocenters. The number of Topliss-reactive ketones (excluding diaryl/α,β-unsaturated/α-hetero) is 2. The fourth-order valence-corrected chi connectivity index (χ4v) is 1.53. The lowest BCUT2D eigenvalue weighted by atomic mass is 9.97. The highest BCUT2D eigenvalue weighted by Gasteiger charge is 2.28. The second-order valence-electron chi connectivity index (χ2n) is 6.05. The van der Waals surface area contributed by atoms with E-state index in [1.54, 1.807) is 27.9 Å². The molecule has 112 valence electrons. The third kappa shape index (κ3) is 8.11. The van der Waals surface area contributed by atoms with Crippen LogP contribution in [0.2, 0.25) is 0 Å². The van der Waals surface area contributed by atoms with Gasteiger partial charge in [-0.25, -0.2) is 0 Å². The van der Waals surface area contributed by atoms with Gasteiger partial charge in [0.2, 0.25) is 0 Å². The summed E-state index contributed by atoms with van der Waals surface area (Å²) in [6, 6.07) is 0. The second-order valence-corrected chi connectivity index (χ2v) is 6.05. The van der Waals surface area contributed by atoms with Crippen LogP contribution in [0.25, 0.3) is 0 Å². The zero-order valence-electron chi connectivity index (χ0n) is 13.2. The Morgan fingerprint density at radius 2 is 1.63 bits per heavy atom. The normalized spacial score (nSPS) is 12.5. The molecule has 0 bridgehead atoms. The van der Waals surface area contributed by atoms with Crippen LogP contribution in [0.1, 0.15) is 60.3 Å². The van der Waals surface area contributed by atoms with Gasteiger partial charge in [-0.15, -0.1) is 0 Å². The Hall–Kier alpha value is -0.740. The molecule has 0 rings (SSSR count). The highest BCUT2D eigenvalue weighted by Crippen LogP contribution is 2.19. The molecule has 0 spiro atoms. The highest BCUT2D eigenvalue weighted by molar-refractivity contribution is 5.87. The molecule has 0 unspecified atom stereocenters. The Morgan fingerprint density at radius 1 is 1.05 bits per heavy atom. The van der Waals surface area contributed by atoms with Gasteiger partial charge >= 0.3 is 0 Å². The minimum Gasteiger partial charge on any atom is -0.379 e. The van der Waals surface area contributed by atoms with Crippen LogP contribution in [0.4, 0.5) is 0 Å². The lowest BCUT2D eigenvalue weighted by Gasteiger charge is -2.28. The average Bonchev–Trinajstić information content (AvgIpc) is 2.27. The van der Waals surface area contributed by atoms with E-state index in [-0.39, 0.29) is 17.2 Å². The van der Waals surface area contributed by atoms with Gasteiger partial charge in [0.25, 0.3) is 0 Å². The summed E-state index contributed by atoms with van der Waals surface area (Å²) >= 11 is 0. The number of ether oxygens (including phenoxy) is 2. The van der Waals surface area contributed by atoms with E-state index < -0.39 is 5.60 Å². The van der Waals surface area contributed by atoms with Crippen LogP contribution >= 0.6 is 0 Å². The Kier molecular flexibility index (Phi) is 7.45. The maximum atomic E-state index is 12.0. The summed E-state index contributed by atoms with van der Waals surface area (Å²) in [6.45, 7) is 9.55. The number of rotatable bonds is 10. The Labute approximate surface area is 116 Å². The van der Waals surface area contributed by atoms with Gasteiger partial charge in [-0.05, 0) is 47.5 Å². The van der Waals surface area contributed by atoms with Crippen molar-refractivity contribution in [3.8, 4) is 0 Å². The molecule has 4 nitrogen and oxygen atoms in total. The van der Waals surface area contributed by atoms with E-state index in [0.29, 0.717) is 25.9 Å². The first-order valence-electron chi connectivity index (χ1n) is 6.82. The minimum atomic E-state index is -0.791. The van der Waals surface area contributed by atoms with Crippen molar-refractivity contribution in [1.29, 1.82) is 0 Å². The number of methoxy groups -OCH3 is 1. The number of carbonyl (C=O) groups is 2. The van der Waals surface area contributed by atoms with Crippen molar-refractivity contribution in [3.63, 3.8) is 0 Å². The van der Waals surface area contributed by atoms with Crippen molar-refractivity contribution in [3.05, 3.63) is 0 Å². The SMILES string of the molecule is COC(C)(C)CCOC(C)(C)C(=O)CCCC(C)=O. The number of carbonyl (C=O) groups excluding carboxylic acids is 2. The molecule has 0 radical (unpaired) electrons. The number of ketones is 2. The van der Waals surface area contributed by atoms with Gasteiger partial charge < -0.3 is 14.3 Å². The molecule has 0 aliphatic rings. The van der Waals surface area contributed by atoms with E-state index in [4.69, 9.17) is 9.47 Å². The summed E-state index contributed by atoms with van der Waals surface area (Å²) in [5.74, 6) is 0.164. The molecule has 4 heteroatoms. The maximum absolute atomic E-state index is 12.0. The third-order valence-electron chi connectivity index (χ3n) is 3.32. The molecular formula is C15H28O4. The maximum Gasteiger partial charge on any atom is 0.164 e. The quantitative estimate of drug-likeness (QED) is 0.613. The van der Waals surface area contributed by atoms with Crippen LogP contribution in [-0.4, -0.2) is 36.5 Å². The van der Waals surface area contributed by atoms with Gasteiger partial charge in [0.1, 0.15) is 11.4 Å². The molecule has 0 aromatic rings. The first kappa shape index (κ1) is 18.3. The highest BCUT2D eigenvalue weighted by atomic mass is 16.5. The first-order chi connectivity index (χ1) is 8.60. The second kappa shape index (κ2) is 7.75. The predicted octanol–water partition coefficient (Wildman–Crippen LogP) is 2.93. The Balaban J connectivity index is 4.08. The molecule has 0 saturated heterocycles. The van der Waals surface area contributed by atoms with Crippen LogP contribution in [0.5, 0.6) is 0 Å². The Bertz CT molecular complexity index is 305. The van der Waals surface area contributed by atoms with Gasteiger partial charge in [0.15, 0.2) is 5.78 Å². The Morgan fingerprint density at radius 3 is 2.11 bits per heavy atom. The molecule has 0 N–H and O–H groups in total. The molecule has 0 aliphatic carbocycles. The van der Waals surface area contributed by atoms with Crippen LogP contribution < -0.4 is 0 Å². The molecular weight excluding hydrogens is 244 g/mol. The average molecular weight is 272 g/mol. The molecule has 0 saturated carbocycles. The smallest absolute Gasteiger partial charge is 0.164 e. The van der Waals surface area contributed by atoms with Gasteiger partial charge in [-0.2, -0.15) is 0 Å². The summed E-state index contributed by atoms with van der Waals surface area (Å²) in [4.78, 5) is 22.8.